The average molecular weight is 258 g/mol. The maximum atomic E-state index is 9.62. The Morgan fingerprint density at radius 3 is 2.67 bits per heavy atom. The minimum absolute atomic E-state index is 0.140. The van der Waals surface area contributed by atoms with Crippen LogP contribution in [0.15, 0.2) is 0 Å². The van der Waals surface area contributed by atoms with Gasteiger partial charge >= 0.3 is 6.01 Å². The lowest BCUT2D eigenvalue weighted by Crippen LogP contribution is -2.33. The number of hydrogen-bond donors (Lipinski definition) is 3. The van der Waals surface area contributed by atoms with Gasteiger partial charge in [0.25, 0.3) is 0 Å². The molecule has 1 rings (SSSR count). The molecule has 18 heavy (non-hydrogen) atoms. The molecule has 0 saturated heterocycles. The molecule has 0 aliphatic heterocycles. The number of aliphatic hydroxyl groups excluding tert-OH is 1. The predicted molar refractivity (Wildman–Crippen MR) is 65.3 cm³/mol. The standard InChI is InChI=1S/C9H18N6O3/c1-15(4-6(16)5-17-2)8-11-7(14-10)12-9(13-8)18-3/h6,16H,4-5,10H2,1-3H3,(H,11,12,13,14). The number of ether oxygens (including phenoxy) is 2. The Bertz CT molecular complexity index is 355. The summed E-state index contributed by atoms with van der Waals surface area (Å²) in [5.41, 5.74) is 2.32. The molecule has 1 aromatic rings. The first-order chi connectivity index (χ1) is 8.60. The summed E-state index contributed by atoms with van der Waals surface area (Å²) >= 11 is 0. The summed E-state index contributed by atoms with van der Waals surface area (Å²) in [6, 6.07) is 0.140. The van der Waals surface area contributed by atoms with E-state index in [1.165, 1.54) is 14.2 Å². The van der Waals surface area contributed by atoms with E-state index < -0.39 is 6.10 Å². The van der Waals surface area contributed by atoms with E-state index in [9.17, 15) is 5.11 Å². The molecular formula is C9H18N6O3. The molecule has 1 unspecified atom stereocenters. The van der Waals surface area contributed by atoms with Crippen LogP contribution in [0.3, 0.4) is 0 Å². The van der Waals surface area contributed by atoms with E-state index in [0.29, 0.717) is 12.5 Å². The summed E-state index contributed by atoms with van der Waals surface area (Å²) in [5.74, 6) is 5.77. The second-order valence-corrected chi connectivity index (χ2v) is 3.58. The lowest BCUT2D eigenvalue weighted by atomic mass is 10.3. The zero-order chi connectivity index (χ0) is 13.5. The number of anilines is 2. The average Bonchev–Trinajstić information content (AvgIpc) is 2.38. The highest BCUT2D eigenvalue weighted by Crippen LogP contribution is 2.13. The number of nitrogen functional groups attached to an aromatic ring is 1. The van der Waals surface area contributed by atoms with Gasteiger partial charge in [-0.1, -0.05) is 0 Å². The smallest absolute Gasteiger partial charge is 0.322 e. The topological polar surface area (TPSA) is 119 Å². The van der Waals surface area contributed by atoms with Crippen LogP contribution in [0.5, 0.6) is 6.01 Å². The minimum Gasteiger partial charge on any atom is -0.467 e. The fourth-order valence-corrected chi connectivity index (χ4v) is 1.32. The molecule has 4 N–H and O–H groups in total. The summed E-state index contributed by atoms with van der Waals surface area (Å²) in [5, 5.41) is 9.62. The summed E-state index contributed by atoms with van der Waals surface area (Å²) in [6.45, 7) is 0.541. The highest BCUT2D eigenvalue weighted by molar-refractivity contribution is 5.37. The summed E-state index contributed by atoms with van der Waals surface area (Å²) in [6.07, 6.45) is -0.642. The molecule has 1 heterocycles. The molecule has 0 aliphatic carbocycles. The molecule has 102 valence electrons. The van der Waals surface area contributed by atoms with Crippen LogP contribution in [0.4, 0.5) is 11.9 Å². The van der Waals surface area contributed by atoms with Gasteiger partial charge in [-0.25, -0.2) is 5.84 Å². The molecule has 0 spiro atoms. The number of nitrogens with zero attached hydrogens (tertiary/aromatic N) is 4. The van der Waals surface area contributed by atoms with Crippen molar-refractivity contribution in [2.24, 2.45) is 5.84 Å². The van der Waals surface area contributed by atoms with E-state index in [1.807, 2.05) is 0 Å². The van der Waals surface area contributed by atoms with Gasteiger partial charge in [0.05, 0.1) is 19.8 Å². The lowest BCUT2D eigenvalue weighted by Gasteiger charge is -2.20. The second kappa shape index (κ2) is 6.89. The number of aliphatic hydroxyl groups is 1. The van der Waals surface area contributed by atoms with Gasteiger partial charge < -0.3 is 19.5 Å². The molecule has 9 heteroatoms. The third-order valence-electron chi connectivity index (χ3n) is 2.10. The van der Waals surface area contributed by atoms with Gasteiger partial charge in [-0.3, -0.25) is 5.43 Å². The van der Waals surface area contributed by atoms with Crippen LogP contribution < -0.4 is 20.9 Å². The van der Waals surface area contributed by atoms with Gasteiger partial charge in [-0.2, -0.15) is 15.0 Å². The number of hydrogen-bond acceptors (Lipinski definition) is 9. The molecule has 0 saturated carbocycles. The number of rotatable bonds is 7. The third kappa shape index (κ3) is 3.95. The van der Waals surface area contributed by atoms with E-state index in [1.54, 1.807) is 11.9 Å². The van der Waals surface area contributed by atoms with Crippen molar-refractivity contribution in [1.82, 2.24) is 15.0 Å². The Morgan fingerprint density at radius 2 is 2.11 bits per heavy atom. The molecule has 9 nitrogen and oxygen atoms in total. The summed E-state index contributed by atoms with van der Waals surface area (Å²) in [7, 11) is 4.69. The van der Waals surface area contributed by atoms with Crippen molar-refractivity contribution in [1.29, 1.82) is 0 Å². The van der Waals surface area contributed by atoms with Gasteiger partial charge in [0.1, 0.15) is 0 Å². The van der Waals surface area contributed by atoms with E-state index in [0.717, 1.165) is 0 Å². The predicted octanol–water partition coefficient (Wildman–Crippen LogP) is -1.39. The SMILES string of the molecule is COCC(O)CN(C)c1nc(NN)nc(OC)n1. The molecule has 0 radical (unpaired) electrons. The zero-order valence-electron chi connectivity index (χ0n) is 10.6. The Morgan fingerprint density at radius 1 is 1.39 bits per heavy atom. The van der Waals surface area contributed by atoms with Crippen molar-refractivity contribution in [3.05, 3.63) is 0 Å². The van der Waals surface area contributed by atoms with Gasteiger partial charge in [0.15, 0.2) is 0 Å². The van der Waals surface area contributed by atoms with Gasteiger partial charge in [-0.15, -0.1) is 0 Å². The van der Waals surface area contributed by atoms with Crippen LogP contribution in [0.2, 0.25) is 0 Å². The maximum absolute atomic E-state index is 9.62. The number of nitrogens with one attached hydrogen (secondary N) is 1. The molecule has 0 fully saturated rings. The third-order valence-corrected chi connectivity index (χ3v) is 2.10. The number of methoxy groups -OCH3 is 2. The second-order valence-electron chi connectivity index (χ2n) is 3.58. The van der Waals surface area contributed by atoms with Crippen molar-refractivity contribution in [3.8, 4) is 6.01 Å². The van der Waals surface area contributed by atoms with Gasteiger partial charge in [0.2, 0.25) is 11.9 Å². The minimum atomic E-state index is -0.642. The van der Waals surface area contributed by atoms with Gasteiger partial charge in [-0.05, 0) is 0 Å². The fraction of sp³-hybridized carbons (Fsp3) is 0.667. The summed E-state index contributed by atoms with van der Waals surface area (Å²) < 4.78 is 9.77. The molecular weight excluding hydrogens is 240 g/mol. The first-order valence-corrected chi connectivity index (χ1v) is 5.25. The number of nitrogens with two attached hydrogens (primary N) is 1. The summed E-state index contributed by atoms with van der Waals surface area (Å²) in [4.78, 5) is 13.6. The van der Waals surface area contributed by atoms with Gasteiger partial charge in [0, 0.05) is 20.7 Å². The van der Waals surface area contributed by atoms with Crippen LogP contribution in [-0.4, -0.2) is 60.6 Å². The van der Waals surface area contributed by atoms with E-state index >= 15 is 0 Å². The van der Waals surface area contributed by atoms with Crippen molar-refractivity contribution >= 4 is 11.9 Å². The largest absolute Gasteiger partial charge is 0.467 e. The molecule has 0 amide bonds. The lowest BCUT2D eigenvalue weighted by molar-refractivity contribution is 0.0693. The monoisotopic (exact) mass is 258 g/mol. The van der Waals surface area contributed by atoms with Crippen molar-refractivity contribution < 1.29 is 14.6 Å². The zero-order valence-corrected chi connectivity index (χ0v) is 10.6. The Balaban J connectivity index is 2.80. The number of likely N-dealkylation sites (N-methyl/N-ethyl adjacent to an activating group) is 1. The fourth-order valence-electron chi connectivity index (χ4n) is 1.32. The molecule has 1 atom stereocenters. The normalized spacial score (nSPS) is 12.1. The maximum Gasteiger partial charge on any atom is 0.322 e. The van der Waals surface area contributed by atoms with Crippen molar-refractivity contribution in [2.75, 3.05) is 44.7 Å². The quantitative estimate of drug-likeness (QED) is 0.401. The molecule has 1 aromatic heterocycles. The first-order valence-electron chi connectivity index (χ1n) is 5.25. The molecule has 0 aliphatic rings. The molecule has 0 bridgehead atoms. The van der Waals surface area contributed by atoms with Crippen LogP contribution in [0.25, 0.3) is 0 Å². The van der Waals surface area contributed by atoms with Crippen LogP contribution >= 0.6 is 0 Å². The Labute approximate surface area is 105 Å². The Kier molecular flexibility index (Phi) is 5.49. The molecule has 0 aromatic carbocycles. The number of aromatic nitrogens is 3. The van der Waals surface area contributed by atoms with Crippen LogP contribution in [0, 0.1) is 0 Å². The number of hydrazine groups is 1. The highest BCUT2D eigenvalue weighted by Gasteiger charge is 2.13. The van der Waals surface area contributed by atoms with E-state index in [2.05, 4.69) is 20.4 Å². The first kappa shape index (κ1) is 14.4. The highest BCUT2D eigenvalue weighted by atomic mass is 16.5. The van der Waals surface area contributed by atoms with Crippen molar-refractivity contribution in [2.45, 2.75) is 6.10 Å². The Hall–Kier alpha value is -1.71. The van der Waals surface area contributed by atoms with E-state index in [4.69, 9.17) is 15.3 Å². The van der Waals surface area contributed by atoms with Crippen LogP contribution in [-0.2, 0) is 4.74 Å². The van der Waals surface area contributed by atoms with Crippen LogP contribution in [0.1, 0.15) is 0 Å². The van der Waals surface area contributed by atoms with E-state index in [-0.39, 0.29) is 18.6 Å². The van der Waals surface area contributed by atoms with Crippen molar-refractivity contribution in [3.63, 3.8) is 0 Å².